The maximum atomic E-state index is 11.7. The van der Waals surface area contributed by atoms with Gasteiger partial charge in [0.1, 0.15) is 17.3 Å². The lowest BCUT2D eigenvalue weighted by Crippen LogP contribution is -2.19. The van der Waals surface area contributed by atoms with Crippen LogP contribution in [0.25, 0.3) is 5.65 Å². The molecule has 0 fully saturated rings. The van der Waals surface area contributed by atoms with Crippen molar-refractivity contribution in [2.24, 2.45) is 0 Å². The van der Waals surface area contributed by atoms with Crippen LogP contribution in [-0.4, -0.2) is 9.38 Å². The van der Waals surface area contributed by atoms with Gasteiger partial charge in [0.25, 0.3) is 5.56 Å². The molecule has 2 aromatic heterocycles. The van der Waals surface area contributed by atoms with E-state index in [1.54, 1.807) is 19.1 Å². The molecular weight excluding hydrogens is 178 g/mol. The highest BCUT2D eigenvalue weighted by molar-refractivity contribution is 5.41. The van der Waals surface area contributed by atoms with Crippen molar-refractivity contribution in [2.45, 2.75) is 6.92 Å². The summed E-state index contributed by atoms with van der Waals surface area (Å²) in [5, 5.41) is 8.67. The molecule has 0 aromatic carbocycles. The normalized spacial score (nSPS) is 10.0. The number of fused-ring (bicyclic) bond motifs is 1. The van der Waals surface area contributed by atoms with Gasteiger partial charge in [0.05, 0.1) is 6.20 Å². The van der Waals surface area contributed by atoms with Gasteiger partial charge in [0, 0.05) is 5.69 Å². The Kier molecular flexibility index (Phi) is 1.79. The van der Waals surface area contributed by atoms with Crippen LogP contribution in [-0.2, 0) is 0 Å². The van der Waals surface area contributed by atoms with Crippen molar-refractivity contribution in [3.63, 3.8) is 0 Å². The first-order valence-electron chi connectivity index (χ1n) is 4.11. The number of aryl methyl sites for hydroxylation is 1. The average molecular weight is 185 g/mol. The van der Waals surface area contributed by atoms with Crippen LogP contribution in [0.5, 0.6) is 0 Å². The quantitative estimate of drug-likeness (QED) is 0.612. The molecule has 0 bridgehead atoms. The highest BCUT2D eigenvalue weighted by Crippen LogP contribution is 2.01. The smallest absolute Gasteiger partial charge is 0.267 e. The zero-order valence-corrected chi connectivity index (χ0v) is 7.56. The lowest BCUT2D eigenvalue weighted by atomic mass is 10.3. The number of nitriles is 1. The number of nitrogens with zero attached hydrogens (tertiary/aromatic N) is 3. The number of hydrogen-bond acceptors (Lipinski definition) is 3. The molecular formula is C10H7N3O. The Morgan fingerprint density at radius 1 is 1.50 bits per heavy atom. The Labute approximate surface area is 80.1 Å². The fourth-order valence-corrected chi connectivity index (χ4v) is 1.35. The van der Waals surface area contributed by atoms with Gasteiger partial charge in [-0.25, -0.2) is 4.98 Å². The summed E-state index contributed by atoms with van der Waals surface area (Å²) in [6, 6.07) is 7.18. The maximum Gasteiger partial charge on any atom is 0.275 e. The Morgan fingerprint density at radius 3 is 3.00 bits per heavy atom. The van der Waals surface area contributed by atoms with Gasteiger partial charge in [-0.3, -0.25) is 9.20 Å². The van der Waals surface area contributed by atoms with Crippen molar-refractivity contribution in [2.75, 3.05) is 0 Å². The van der Waals surface area contributed by atoms with Crippen LogP contribution in [0.2, 0.25) is 0 Å². The Hall–Kier alpha value is -2.15. The van der Waals surface area contributed by atoms with E-state index in [1.165, 1.54) is 10.6 Å². The van der Waals surface area contributed by atoms with Crippen LogP contribution >= 0.6 is 0 Å². The molecule has 68 valence electrons. The number of aromatic nitrogens is 2. The molecule has 4 heteroatoms. The van der Waals surface area contributed by atoms with Gasteiger partial charge >= 0.3 is 0 Å². The molecule has 0 unspecified atom stereocenters. The largest absolute Gasteiger partial charge is 0.275 e. The minimum Gasteiger partial charge on any atom is -0.267 e. The van der Waals surface area contributed by atoms with Crippen LogP contribution < -0.4 is 5.56 Å². The topological polar surface area (TPSA) is 58.2 Å². The van der Waals surface area contributed by atoms with Crippen molar-refractivity contribution >= 4 is 5.65 Å². The summed E-state index contributed by atoms with van der Waals surface area (Å²) in [5.74, 6) is 0. The van der Waals surface area contributed by atoms with Gasteiger partial charge in [0.2, 0.25) is 0 Å². The van der Waals surface area contributed by atoms with Crippen LogP contribution in [0.4, 0.5) is 0 Å². The van der Waals surface area contributed by atoms with Crippen molar-refractivity contribution in [3.05, 3.63) is 46.0 Å². The molecule has 0 saturated heterocycles. The molecule has 0 N–H and O–H groups in total. The third kappa shape index (κ3) is 1.07. The zero-order valence-electron chi connectivity index (χ0n) is 7.56. The SMILES string of the molecule is Cc1cccc2ncc(C#N)c(=O)n12. The summed E-state index contributed by atoms with van der Waals surface area (Å²) >= 11 is 0. The van der Waals surface area contributed by atoms with E-state index in [4.69, 9.17) is 5.26 Å². The molecule has 0 aliphatic rings. The Morgan fingerprint density at radius 2 is 2.29 bits per heavy atom. The summed E-state index contributed by atoms with van der Waals surface area (Å²) < 4.78 is 1.43. The Bertz CT molecular complexity index is 592. The lowest BCUT2D eigenvalue weighted by Gasteiger charge is -2.02. The second kappa shape index (κ2) is 2.96. The van der Waals surface area contributed by atoms with E-state index in [0.29, 0.717) is 5.65 Å². The number of hydrogen-bond donors (Lipinski definition) is 0. The highest BCUT2D eigenvalue weighted by atomic mass is 16.1. The first kappa shape index (κ1) is 8.45. The van der Waals surface area contributed by atoms with Gasteiger partial charge < -0.3 is 0 Å². The molecule has 0 saturated carbocycles. The Balaban J connectivity index is 3.03. The molecule has 0 radical (unpaired) electrons. The predicted molar refractivity (Wildman–Crippen MR) is 50.9 cm³/mol. The second-order valence-corrected chi connectivity index (χ2v) is 2.95. The predicted octanol–water partition coefficient (Wildman–Crippen LogP) is 0.875. The van der Waals surface area contributed by atoms with Gasteiger partial charge in [-0.15, -0.1) is 0 Å². The molecule has 0 aliphatic heterocycles. The van der Waals surface area contributed by atoms with Crippen LogP contribution in [0.1, 0.15) is 11.3 Å². The minimum atomic E-state index is -0.310. The second-order valence-electron chi connectivity index (χ2n) is 2.95. The van der Waals surface area contributed by atoms with Crippen LogP contribution in [0, 0.1) is 18.3 Å². The fourth-order valence-electron chi connectivity index (χ4n) is 1.35. The summed E-state index contributed by atoms with van der Waals surface area (Å²) in [7, 11) is 0. The van der Waals surface area contributed by atoms with E-state index in [1.807, 2.05) is 12.1 Å². The number of pyridine rings is 1. The van der Waals surface area contributed by atoms with Crippen molar-refractivity contribution in [1.29, 1.82) is 5.26 Å². The van der Waals surface area contributed by atoms with E-state index >= 15 is 0 Å². The van der Waals surface area contributed by atoms with Crippen molar-refractivity contribution in [3.8, 4) is 6.07 Å². The molecule has 4 nitrogen and oxygen atoms in total. The molecule has 0 amide bonds. The number of rotatable bonds is 0. The fraction of sp³-hybridized carbons (Fsp3) is 0.100. The van der Waals surface area contributed by atoms with E-state index in [2.05, 4.69) is 4.98 Å². The summed E-state index contributed by atoms with van der Waals surface area (Å²) in [6.45, 7) is 1.80. The van der Waals surface area contributed by atoms with E-state index in [9.17, 15) is 4.79 Å². The van der Waals surface area contributed by atoms with E-state index in [-0.39, 0.29) is 11.1 Å². The van der Waals surface area contributed by atoms with Crippen LogP contribution in [0.15, 0.2) is 29.2 Å². The summed E-state index contributed by atoms with van der Waals surface area (Å²) in [4.78, 5) is 15.7. The van der Waals surface area contributed by atoms with Gasteiger partial charge in [-0.2, -0.15) is 5.26 Å². The minimum absolute atomic E-state index is 0.0665. The van der Waals surface area contributed by atoms with Crippen molar-refractivity contribution in [1.82, 2.24) is 9.38 Å². The highest BCUT2D eigenvalue weighted by Gasteiger charge is 2.04. The van der Waals surface area contributed by atoms with E-state index in [0.717, 1.165) is 5.69 Å². The lowest BCUT2D eigenvalue weighted by molar-refractivity contribution is 0.982. The third-order valence-corrected chi connectivity index (χ3v) is 2.04. The average Bonchev–Trinajstić information content (AvgIpc) is 2.18. The van der Waals surface area contributed by atoms with Gasteiger partial charge in [-0.1, -0.05) is 6.07 Å². The first-order valence-corrected chi connectivity index (χ1v) is 4.11. The van der Waals surface area contributed by atoms with E-state index < -0.39 is 0 Å². The molecule has 0 atom stereocenters. The van der Waals surface area contributed by atoms with Crippen LogP contribution in [0.3, 0.4) is 0 Å². The molecule has 0 aliphatic carbocycles. The molecule has 2 heterocycles. The third-order valence-electron chi connectivity index (χ3n) is 2.04. The molecule has 0 spiro atoms. The van der Waals surface area contributed by atoms with Crippen molar-refractivity contribution < 1.29 is 0 Å². The summed E-state index contributed by atoms with van der Waals surface area (Å²) in [5.41, 5.74) is 1.10. The first-order chi connectivity index (χ1) is 6.74. The summed E-state index contributed by atoms with van der Waals surface area (Å²) in [6.07, 6.45) is 1.30. The van der Waals surface area contributed by atoms with Gasteiger partial charge in [-0.05, 0) is 19.1 Å². The van der Waals surface area contributed by atoms with Gasteiger partial charge in [0.15, 0.2) is 0 Å². The monoisotopic (exact) mass is 185 g/mol. The maximum absolute atomic E-state index is 11.7. The molecule has 2 aromatic rings. The molecule has 14 heavy (non-hydrogen) atoms. The standard InChI is InChI=1S/C10H7N3O/c1-7-3-2-4-9-12-6-8(5-11)10(14)13(7)9/h2-4,6H,1H3. The molecule has 2 rings (SSSR count). The zero-order chi connectivity index (χ0) is 10.1.